The summed E-state index contributed by atoms with van der Waals surface area (Å²) in [5.74, 6) is 0.491. The fourth-order valence-electron chi connectivity index (χ4n) is 7.60. The lowest BCUT2D eigenvalue weighted by molar-refractivity contribution is 0.108. The van der Waals surface area contributed by atoms with Gasteiger partial charge in [-0.2, -0.15) is 0 Å². The molecule has 0 saturated heterocycles. The van der Waals surface area contributed by atoms with Gasteiger partial charge >= 0.3 is 0 Å². The molecule has 10 aromatic carbocycles. The maximum absolute atomic E-state index is 13.2. The highest BCUT2D eigenvalue weighted by molar-refractivity contribution is 8.14. The molecule has 4 heteroatoms. The van der Waals surface area contributed by atoms with Crippen LogP contribution in [0, 0.1) is 0 Å². The van der Waals surface area contributed by atoms with E-state index in [0.717, 1.165) is 42.5 Å². The van der Waals surface area contributed by atoms with E-state index in [1.165, 1.54) is 72.2 Å². The van der Waals surface area contributed by atoms with Crippen LogP contribution >= 0.6 is 23.5 Å². The van der Waals surface area contributed by atoms with Crippen molar-refractivity contribution in [3.63, 3.8) is 0 Å². The number of carbonyl (C=O) groups excluding carboxylic acids is 2. The van der Waals surface area contributed by atoms with Gasteiger partial charge in [0, 0.05) is 20.9 Å². The van der Waals surface area contributed by atoms with Crippen molar-refractivity contribution < 1.29 is 9.59 Å². The van der Waals surface area contributed by atoms with Crippen molar-refractivity contribution in [3.8, 4) is 0 Å². The summed E-state index contributed by atoms with van der Waals surface area (Å²) in [7, 11) is 0. The number of benzene rings is 10. The van der Waals surface area contributed by atoms with Gasteiger partial charge in [0.25, 0.3) is 0 Å². The number of thioether (sulfide) groups is 2. The first-order chi connectivity index (χ1) is 27.8. The van der Waals surface area contributed by atoms with Gasteiger partial charge in [-0.25, -0.2) is 0 Å². The van der Waals surface area contributed by atoms with Gasteiger partial charge in [-0.3, -0.25) is 9.59 Å². The van der Waals surface area contributed by atoms with Crippen LogP contribution < -0.4 is 0 Å². The van der Waals surface area contributed by atoms with E-state index in [1.54, 1.807) is 0 Å². The summed E-state index contributed by atoms with van der Waals surface area (Å²) in [6, 6.07) is 55.9. The minimum Gasteiger partial charge on any atom is -0.281 e. The number of allylic oxidation sites excluding steroid dienone is 2. The summed E-state index contributed by atoms with van der Waals surface area (Å²) in [5, 5.41) is 14.2. The third kappa shape index (κ3) is 7.64. The van der Waals surface area contributed by atoms with Crippen LogP contribution in [-0.4, -0.2) is 10.2 Å². The molecule has 0 aliphatic carbocycles. The fourth-order valence-corrected chi connectivity index (χ4v) is 9.15. The molecule has 0 aliphatic rings. The summed E-state index contributed by atoms with van der Waals surface area (Å²) in [6.45, 7) is 8.36. The van der Waals surface area contributed by atoms with Gasteiger partial charge in [-0.05, 0) is 150 Å². The van der Waals surface area contributed by atoms with Crippen molar-refractivity contribution in [2.24, 2.45) is 0 Å². The molecule has 0 aliphatic heterocycles. The van der Waals surface area contributed by atoms with Crippen molar-refractivity contribution >= 4 is 98.4 Å². The fraction of sp³-hybridized carbons (Fsp3) is 0.0943. The molecule has 0 aromatic heterocycles. The first-order valence-corrected chi connectivity index (χ1v) is 21.0. The van der Waals surface area contributed by atoms with Gasteiger partial charge in [-0.1, -0.05) is 153 Å². The molecule has 278 valence electrons. The second-order valence-corrected chi connectivity index (χ2v) is 16.5. The second kappa shape index (κ2) is 16.7. The van der Waals surface area contributed by atoms with Crippen LogP contribution in [0.5, 0.6) is 0 Å². The van der Waals surface area contributed by atoms with E-state index in [4.69, 9.17) is 0 Å². The van der Waals surface area contributed by atoms with E-state index in [2.05, 4.69) is 129 Å². The first kappa shape index (κ1) is 38.0. The minimum absolute atomic E-state index is 0.0882. The molecule has 0 heterocycles. The summed E-state index contributed by atoms with van der Waals surface area (Å²) in [6.07, 6.45) is 4.00. The molecule has 57 heavy (non-hydrogen) atoms. The monoisotopic (exact) mass is 774 g/mol. The molecule has 0 bridgehead atoms. The molecule has 2 nitrogen and oxygen atoms in total. The Morgan fingerprint density at radius 3 is 1.23 bits per heavy atom. The molecule has 0 spiro atoms. The van der Waals surface area contributed by atoms with Gasteiger partial charge in [0.15, 0.2) is 0 Å². The van der Waals surface area contributed by atoms with E-state index >= 15 is 0 Å². The zero-order valence-electron chi connectivity index (χ0n) is 32.5. The van der Waals surface area contributed by atoms with Crippen LogP contribution in [0.25, 0.3) is 64.6 Å². The number of hydrogen-bond acceptors (Lipinski definition) is 4. The van der Waals surface area contributed by atoms with E-state index < -0.39 is 0 Å². The smallest absolute Gasteiger partial charge is 0.224 e. The highest BCUT2D eigenvalue weighted by Gasteiger charge is 2.19. The summed E-state index contributed by atoms with van der Waals surface area (Å²) < 4.78 is 0. The summed E-state index contributed by atoms with van der Waals surface area (Å²) >= 11 is 2.60. The lowest BCUT2D eigenvalue weighted by Gasteiger charge is -2.14. The molecule has 0 unspecified atom stereocenters. The number of hydrogen-bond donors (Lipinski definition) is 0. The van der Waals surface area contributed by atoms with E-state index in [9.17, 15) is 9.59 Å². The Morgan fingerprint density at radius 2 is 0.807 bits per heavy atom. The quantitative estimate of drug-likeness (QED) is 0.0991. The van der Waals surface area contributed by atoms with Crippen molar-refractivity contribution in [1.82, 2.24) is 0 Å². The van der Waals surface area contributed by atoms with Crippen LogP contribution in [0.4, 0.5) is 0 Å². The van der Waals surface area contributed by atoms with E-state index in [-0.39, 0.29) is 10.2 Å². The Morgan fingerprint density at radius 1 is 0.421 bits per heavy atom. The SMILES string of the molecule is C/C=C\C.CC(C)c1ccc(SC(=O)c2cc3cccc4ccc5cccc2c5c43)cc1.O=C(Sc1ccccc1)c1cc2cccc3ccc4cccc1c4c32. The van der Waals surface area contributed by atoms with Crippen LogP contribution in [0.15, 0.2) is 186 Å². The zero-order chi connectivity index (χ0) is 39.5. The molecule has 0 fully saturated rings. The predicted octanol–water partition coefficient (Wildman–Crippen LogP) is 15.7. The number of rotatable bonds is 5. The van der Waals surface area contributed by atoms with Crippen molar-refractivity contribution in [1.29, 1.82) is 0 Å². The van der Waals surface area contributed by atoms with Crippen LogP contribution in [-0.2, 0) is 0 Å². The third-order valence-corrected chi connectivity index (χ3v) is 12.3. The van der Waals surface area contributed by atoms with Crippen LogP contribution in [0.3, 0.4) is 0 Å². The van der Waals surface area contributed by atoms with Gasteiger partial charge < -0.3 is 0 Å². The molecule has 0 radical (unpaired) electrons. The molecule has 0 saturated carbocycles. The number of carbonyl (C=O) groups is 2. The molecule has 0 atom stereocenters. The normalized spacial score (nSPS) is 11.5. The maximum atomic E-state index is 13.2. The van der Waals surface area contributed by atoms with Crippen molar-refractivity contribution in [3.05, 3.63) is 193 Å². The molecule has 0 amide bonds. The molecule has 10 rings (SSSR count). The Balaban J connectivity index is 0.000000147. The Kier molecular flexibility index (Phi) is 11.1. The van der Waals surface area contributed by atoms with Gasteiger partial charge in [0.1, 0.15) is 0 Å². The second-order valence-electron chi connectivity index (χ2n) is 14.4. The largest absolute Gasteiger partial charge is 0.281 e. The van der Waals surface area contributed by atoms with Crippen molar-refractivity contribution in [2.75, 3.05) is 0 Å². The van der Waals surface area contributed by atoms with E-state index in [1.807, 2.05) is 74.5 Å². The van der Waals surface area contributed by atoms with Crippen LogP contribution in [0.1, 0.15) is 59.9 Å². The highest BCUT2D eigenvalue weighted by Crippen LogP contribution is 2.40. The van der Waals surface area contributed by atoms with Gasteiger partial charge in [0.2, 0.25) is 10.2 Å². The zero-order valence-corrected chi connectivity index (χ0v) is 34.1. The van der Waals surface area contributed by atoms with Crippen molar-refractivity contribution in [2.45, 2.75) is 43.4 Å². The predicted molar refractivity (Wildman–Crippen MR) is 248 cm³/mol. The Labute approximate surface area is 342 Å². The lowest BCUT2D eigenvalue weighted by atomic mass is 9.92. The Bertz CT molecular complexity index is 3030. The lowest BCUT2D eigenvalue weighted by Crippen LogP contribution is -1.97. The maximum Gasteiger partial charge on any atom is 0.224 e. The summed E-state index contributed by atoms with van der Waals surface area (Å²) in [5.41, 5.74) is 2.86. The van der Waals surface area contributed by atoms with E-state index in [0.29, 0.717) is 5.92 Å². The first-order valence-electron chi connectivity index (χ1n) is 19.3. The van der Waals surface area contributed by atoms with Crippen LogP contribution in [0.2, 0.25) is 0 Å². The minimum atomic E-state index is 0.0882. The standard InChI is InChI=1S/C26H20OS.C23H14OS.C4H8/c1-16(2)17-11-13-21(14-12-17)28-26(27)23-15-20-7-3-5-18-9-10-19-6-4-8-22(23)25(19)24(18)20;24-23(25-18-9-2-1-3-10-18)20-14-17-8-4-6-15-12-13-16-7-5-11-19(20)22(16)21(15)17;1-3-4-2/h3-16H,1-2H3;1-14H;3-4H,1-2H3/b;;4-3-. The van der Waals surface area contributed by atoms with Gasteiger partial charge in [-0.15, -0.1) is 0 Å². The highest BCUT2D eigenvalue weighted by atomic mass is 32.2. The third-order valence-electron chi connectivity index (χ3n) is 10.5. The molecule has 10 aromatic rings. The average molecular weight is 775 g/mol. The topological polar surface area (TPSA) is 34.1 Å². The Hall–Kier alpha value is -5.94. The molecular weight excluding hydrogens is 733 g/mol. The molecule has 0 N–H and O–H groups in total. The van der Waals surface area contributed by atoms with Gasteiger partial charge in [0.05, 0.1) is 0 Å². The average Bonchev–Trinajstić information content (AvgIpc) is 3.25. The summed E-state index contributed by atoms with van der Waals surface area (Å²) in [4.78, 5) is 28.2. The molecular formula is C53H42O2S2.